The summed E-state index contributed by atoms with van der Waals surface area (Å²) in [6.45, 7) is 3.46. The van der Waals surface area contributed by atoms with Crippen LogP contribution in [0.3, 0.4) is 0 Å². The zero-order chi connectivity index (χ0) is 15.2. The number of hydrogen-bond donors (Lipinski definition) is 2. The molecule has 0 aliphatic carbocycles. The van der Waals surface area contributed by atoms with Crippen LogP contribution in [0.1, 0.15) is 9.75 Å². The molecule has 0 spiro atoms. The van der Waals surface area contributed by atoms with Crippen molar-refractivity contribution in [2.75, 3.05) is 13.2 Å². The Labute approximate surface area is 138 Å². The lowest BCUT2D eigenvalue weighted by molar-refractivity contribution is 0.106. The van der Waals surface area contributed by atoms with Crippen LogP contribution in [0.2, 0.25) is 10.0 Å². The fraction of sp³-hybridized carbons (Fsp3) is 0.333. The fourth-order valence-electron chi connectivity index (χ4n) is 1.78. The summed E-state index contributed by atoms with van der Waals surface area (Å²) in [5, 5.41) is 14.1. The lowest BCUT2D eigenvalue weighted by Gasteiger charge is -2.14. The van der Waals surface area contributed by atoms with E-state index in [1.165, 1.54) is 9.75 Å². The second kappa shape index (κ2) is 8.01. The van der Waals surface area contributed by atoms with E-state index in [0.717, 1.165) is 6.54 Å². The van der Waals surface area contributed by atoms with Crippen LogP contribution in [0.15, 0.2) is 30.3 Å². The van der Waals surface area contributed by atoms with Crippen molar-refractivity contribution in [3.05, 3.63) is 50.1 Å². The smallest absolute Gasteiger partial charge is 0.138 e. The van der Waals surface area contributed by atoms with Crippen LogP contribution in [0.5, 0.6) is 5.75 Å². The van der Waals surface area contributed by atoms with Gasteiger partial charge in [-0.1, -0.05) is 23.2 Å². The molecule has 2 N–H and O–H groups in total. The minimum absolute atomic E-state index is 0.178. The Morgan fingerprint density at radius 3 is 2.76 bits per heavy atom. The molecule has 0 radical (unpaired) electrons. The number of rotatable bonds is 7. The van der Waals surface area contributed by atoms with Gasteiger partial charge < -0.3 is 15.2 Å². The van der Waals surface area contributed by atoms with E-state index in [4.69, 9.17) is 27.9 Å². The van der Waals surface area contributed by atoms with Gasteiger partial charge in [-0.3, -0.25) is 0 Å². The van der Waals surface area contributed by atoms with Crippen LogP contribution in [-0.4, -0.2) is 24.4 Å². The largest absolute Gasteiger partial charge is 0.489 e. The molecule has 0 aliphatic heterocycles. The van der Waals surface area contributed by atoms with Gasteiger partial charge in [0.15, 0.2) is 0 Å². The van der Waals surface area contributed by atoms with Crippen LogP contribution < -0.4 is 10.1 Å². The van der Waals surface area contributed by atoms with Gasteiger partial charge in [0.05, 0.1) is 5.02 Å². The lowest BCUT2D eigenvalue weighted by atomic mass is 10.3. The number of nitrogens with one attached hydrogen (secondary N) is 1. The van der Waals surface area contributed by atoms with Crippen molar-refractivity contribution < 1.29 is 9.84 Å². The third kappa shape index (κ3) is 5.49. The van der Waals surface area contributed by atoms with E-state index in [9.17, 15) is 5.11 Å². The maximum atomic E-state index is 9.89. The summed E-state index contributed by atoms with van der Waals surface area (Å²) in [5.41, 5.74) is 0. The normalized spacial score (nSPS) is 12.4. The summed E-state index contributed by atoms with van der Waals surface area (Å²) in [6.07, 6.45) is -0.599. The van der Waals surface area contributed by atoms with E-state index in [2.05, 4.69) is 24.4 Å². The van der Waals surface area contributed by atoms with Crippen molar-refractivity contribution in [1.29, 1.82) is 0 Å². The third-order valence-electron chi connectivity index (χ3n) is 2.80. The number of aliphatic hydroxyl groups is 1. The number of hydrogen-bond acceptors (Lipinski definition) is 4. The molecule has 6 heteroatoms. The minimum Gasteiger partial charge on any atom is -0.489 e. The molecule has 2 aromatic rings. The highest BCUT2D eigenvalue weighted by atomic mass is 35.5. The molecule has 0 bridgehead atoms. The fourth-order valence-corrected chi connectivity index (χ4v) is 3.10. The SMILES string of the molecule is Cc1ccc(CNCC(O)COc2ccc(Cl)cc2Cl)s1. The van der Waals surface area contributed by atoms with Crippen LogP contribution in [0.4, 0.5) is 0 Å². The van der Waals surface area contributed by atoms with Crippen molar-refractivity contribution in [3.8, 4) is 5.75 Å². The Kier molecular flexibility index (Phi) is 6.33. The van der Waals surface area contributed by atoms with Crippen molar-refractivity contribution >= 4 is 34.5 Å². The zero-order valence-corrected chi connectivity index (χ0v) is 13.9. The van der Waals surface area contributed by atoms with Gasteiger partial charge in [0, 0.05) is 27.9 Å². The molecule has 3 nitrogen and oxygen atoms in total. The Hall–Kier alpha value is -0.780. The van der Waals surface area contributed by atoms with E-state index in [-0.39, 0.29) is 6.61 Å². The quantitative estimate of drug-likeness (QED) is 0.799. The Morgan fingerprint density at radius 2 is 2.10 bits per heavy atom. The summed E-state index contributed by atoms with van der Waals surface area (Å²) in [4.78, 5) is 2.54. The van der Waals surface area contributed by atoms with Crippen LogP contribution in [0.25, 0.3) is 0 Å². The first kappa shape index (κ1) is 16.6. The first-order chi connectivity index (χ1) is 10.0. The predicted octanol–water partition coefficient (Wildman–Crippen LogP) is 3.89. The minimum atomic E-state index is -0.599. The lowest BCUT2D eigenvalue weighted by Crippen LogP contribution is -2.31. The van der Waals surface area contributed by atoms with E-state index in [1.54, 1.807) is 29.5 Å². The summed E-state index contributed by atoms with van der Waals surface area (Å²) in [6, 6.07) is 9.18. The molecule has 2 rings (SSSR count). The molecular weight excluding hydrogens is 329 g/mol. The molecular formula is C15H17Cl2NO2S. The van der Waals surface area contributed by atoms with Crippen LogP contribution in [0, 0.1) is 6.92 Å². The summed E-state index contributed by atoms with van der Waals surface area (Å²) in [7, 11) is 0. The number of benzene rings is 1. The summed E-state index contributed by atoms with van der Waals surface area (Å²) in [5.74, 6) is 0.522. The van der Waals surface area contributed by atoms with Gasteiger partial charge in [0.1, 0.15) is 18.5 Å². The van der Waals surface area contributed by atoms with Gasteiger partial charge in [-0.2, -0.15) is 0 Å². The number of halogens is 2. The number of aryl methyl sites for hydroxylation is 1. The highest BCUT2D eigenvalue weighted by Crippen LogP contribution is 2.27. The summed E-state index contributed by atoms with van der Waals surface area (Å²) < 4.78 is 5.48. The molecule has 0 saturated heterocycles. The van der Waals surface area contributed by atoms with Crippen molar-refractivity contribution in [3.63, 3.8) is 0 Å². The molecule has 0 fully saturated rings. The first-order valence-corrected chi connectivity index (χ1v) is 8.14. The monoisotopic (exact) mass is 345 g/mol. The van der Waals surface area contributed by atoms with Gasteiger partial charge in [0.25, 0.3) is 0 Å². The molecule has 21 heavy (non-hydrogen) atoms. The Balaban J connectivity index is 1.70. The maximum absolute atomic E-state index is 9.89. The molecule has 0 amide bonds. The number of aliphatic hydroxyl groups excluding tert-OH is 1. The third-order valence-corrected chi connectivity index (χ3v) is 4.33. The van der Waals surface area contributed by atoms with Gasteiger partial charge >= 0.3 is 0 Å². The molecule has 0 saturated carbocycles. The maximum Gasteiger partial charge on any atom is 0.138 e. The highest BCUT2D eigenvalue weighted by molar-refractivity contribution is 7.11. The topological polar surface area (TPSA) is 41.5 Å². The van der Waals surface area contributed by atoms with Crippen molar-refractivity contribution in [1.82, 2.24) is 5.32 Å². The molecule has 0 aliphatic rings. The van der Waals surface area contributed by atoms with Crippen molar-refractivity contribution in [2.24, 2.45) is 0 Å². The molecule has 1 unspecified atom stereocenters. The van der Waals surface area contributed by atoms with Crippen LogP contribution >= 0.6 is 34.5 Å². The number of ether oxygens (including phenoxy) is 1. The van der Waals surface area contributed by atoms with Crippen LogP contribution in [-0.2, 0) is 6.54 Å². The molecule has 1 aromatic heterocycles. The van der Waals surface area contributed by atoms with Gasteiger partial charge in [-0.05, 0) is 37.3 Å². The Bertz CT molecular complexity index is 589. The van der Waals surface area contributed by atoms with E-state index in [1.807, 2.05) is 0 Å². The highest BCUT2D eigenvalue weighted by Gasteiger charge is 2.08. The Morgan fingerprint density at radius 1 is 1.29 bits per heavy atom. The van der Waals surface area contributed by atoms with Gasteiger partial charge in [-0.15, -0.1) is 11.3 Å². The second-order valence-corrected chi connectivity index (χ2v) is 6.90. The number of thiophene rings is 1. The van der Waals surface area contributed by atoms with E-state index < -0.39 is 6.10 Å². The van der Waals surface area contributed by atoms with Crippen molar-refractivity contribution in [2.45, 2.75) is 19.6 Å². The van der Waals surface area contributed by atoms with E-state index >= 15 is 0 Å². The molecule has 1 atom stereocenters. The molecule has 1 aromatic carbocycles. The van der Waals surface area contributed by atoms with E-state index in [0.29, 0.717) is 22.3 Å². The molecule has 114 valence electrons. The predicted molar refractivity (Wildman–Crippen MR) is 88.7 cm³/mol. The van der Waals surface area contributed by atoms with Gasteiger partial charge in [-0.25, -0.2) is 0 Å². The average Bonchev–Trinajstić information content (AvgIpc) is 2.83. The standard InChI is InChI=1S/C15H17Cl2NO2S/c1-10-2-4-13(21-10)8-18-7-12(19)9-20-15-5-3-11(16)6-14(15)17/h2-6,12,18-19H,7-9H2,1H3. The second-order valence-electron chi connectivity index (χ2n) is 4.68. The van der Waals surface area contributed by atoms with Gasteiger partial charge in [0.2, 0.25) is 0 Å². The molecule has 1 heterocycles. The summed E-state index contributed by atoms with van der Waals surface area (Å²) >= 11 is 13.6. The first-order valence-electron chi connectivity index (χ1n) is 6.56. The zero-order valence-electron chi connectivity index (χ0n) is 11.6. The average molecular weight is 346 g/mol.